The fourth-order valence-corrected chi connectivity index (χ4v) is 1.90. The van der Waals surface area contributed by atoms with E-state index in [1.165, 1.54) is 0 Å². The number of hydrogen-bond donors (Lipinski definition) is 1. The van der Waals surface area contributed by atoms with Crippen LogP contribution in [0.4, 0.5) is 0 Å². The largest absolute Gasteiger partial charge is 0.338 e. The Kier molecular flexibility index (Phi) is 5.17. The van der Waals surface area contributed by atoms with Crippen LogP contribution in [0.2, 0.25) is 5.02 Å². The molecule has 2 atom stereocenters. The molecular weight excluding hydrogens is 248 g/mol. The Morgan fingerprint density at radius 2 is 1.94 bits per heavy atom. The van der Waals surface area contributed by atoms with Crippen LogP contribution in [0.5, 0.6) is 0 Å². The maximum Gasteiger partial charge on any atom is 0.239 e. The zero-order valence-corrected chi connectivity index (χ0v) is 12.1. The molecule has 0 saturated heterocycles. The van der Waals surface area contributed by atoms with Gasteiger partial charge in [0, 0.05) is 12.1 Å². The Balaban J connectivity index is 2.84. The number of hydrogen-bond acceptors (Lipinski definition) is 2. The van der Waals surface area contributed by atoms with Crippen molar-refractivity contribution in [1.29, 1.82) is 0 Å². The summed E-state index contributed by atoms with van der Waals surface area (Å²) in [7, 11) is 1.77. The van der Waals surface area contributed by atoms with Gasteiger partial charge in [-0.3, -0.25) is 4.79 Å². The zero-order valence-electron chi connectivity index (χ0n) is 11.4. The van der Waals surface area contributed by atoms with Crippen molar-refractivity contribution < 1.29 is 4.79 Å². The fraction of sp³-hybridized carbons (Fsp3) is 0.500. The van der Waals surface area contributed by atoms with Crippen LogP contribution in [-0.2, 0) is 4.79 Å². The third-order valence-corrected chi connectivity index (χ3v) is 3.50. The standard InChI is InChI=1S/C14H21ClN2O/c1-9(2)13(16)14(18)17(4)10(3)11-6-5-7-12(15)8-11/h5-10,13H,16H2,1-4H3/t10-,13?/m0/s1. The van der Waals surface area contributed by atoms with Gasteiger partial charge in [-0.15, -0.1) is 0 Å². The van der Waals surface area contributed by atoms with Crippen molar-refractivity contribution in [2.24, 2.45) is 11.7 Å². The van der Waals surface area contributed by atoms with Crippen molar-refractivity contribution in [3.8, 4) is 0 Å². The molecule has 0 aliphatic carbocycles. The average molecular weight is 269 g/mol. The monoisotopic (exact) mass is 268 g/mol. The lowest BCUT2D eigenvalue weighted by Gasteiger charge is -2.29. The first-order chi connectivity index (χ1) is 8.34. The molecule has 1 rings (SSSR count). The molecule has 1 unspecified atom stereocenters. The number of amides is 1. The second kappa shape index (κ2) is 6.21. The summed E-state index contributed by atoms with van der Waals surface area (Å²) in [4.78, 5) is 13.8. The lowest BCUT2D eigenvalue weighted by Crippen LogP contribution is -2.45. The van der Waals surface area contributed by atoms with Gasteiger partial charge in [0.05, 0.1) is 12.1 Å². The molecule has 0 saturated carbocycles. The topological polar surface area (TPSA) is 46.3 Å². The molecule has 0 aromatic heterocycles. The fourth-order valence-electron chi connectivity index (χ4n) is 1.70. The lowest BCUT2D eigenvalue weighted by atomic mass is 10.0. The molecule has 0 spiro atoms. The zero-order chi connectivity index (χ0) is 13.9. The van der Waals surface area contributed by atoms with E-state index in [1.54, 1.807) is 11.9 Å². The minimum absolute atomic E-state index is 0.0407. The summed E-state index contributed by atoms with van der Waals surface area (Å²) in [5.74, 6) is 0.0870. The molecule has 1 aromatic rings. The van der Waals surface area contributed by atoms with Crippen LogP contribution in [0.1, 0.15) is 32.4 Å². The number of halogens is 1. The van der Waals surface area contributed by atoms with Crippen LogP contribution in [-0.4, -0.2) is 23.9 Å². The summed E-state index contributed by atoms with van der Waals surface area (Å²) in [6.45, 7) is 5.86. The van der Waals surface area contributed by atoms with Gasteiger partial charge in [0.15, 0.2) is 0 Å². The first kappa shape index (κ1) is 15.0. The van der Waals surface area contributed by atoms with Gasteiger partial charge in [-0.05, 0) is 30.5 Å². The molecule has 4 heteroatoms. The summed E-state index contributed by atoms with van der Waals surface area (Å²) in [6.07, 6.45) is 0. The normalized spacial score (nSPS) is 14.4. The SMILES string of the molecule is CC(C)C(N)C(=O)N(C)[C@@H](C)c1cccc(Cl)c1. The van der Waals surface area contributed by atoms with E-state index in [0.717, 1.165) is 5.56 Å². The third-order valence-electron chi connectivity index (χ3n) is 3.26. The molecule has 2 N–H and O–H groups in total. The van der Waals surface area contributed by atoms with Gasteiger partial charge in [0.1, 0.15) is 0 Å². The van der Waals surface area contributed by atoms with Gasteiger partial charge < -0.3 is 10.6 Å². The minimum Gasteiger partial charge on any atom is -0.338 e. The van der Waals surface area contributed by atoms with Gasteiger partial charge in [0.25, 0.3) is 0 Å². The average Bonchev–Trinajstić information content (AvgIpc) is 2.35. The Morgan fingerprint density at radius 1 is 1.33 bits per heavy atom. The number of rotatable bonds is 4. The lowest BCUT2D eigenvalue weighted by molar-refractivity contribution is -0.134. The van der Waals surface area contributed by atoms with Crippen LogP contribution < -0.4 is 5.73 Å². The van der Waals surface area contributed by atoms with E-state index in [2.05, 4.69) is 0 Å². The molecule has 100 valence electrons. The Hall–Kier alpha value is -1.06. The van der Waals surface area contributed by atoms with E-state index in [9.17, 15) is 4.79 Å². The van der Waals surface area contributed by atoms with E-state index in [-0.39, 0.29) is 17.9 Å². The van der Waals surface area contributed by atoms with E-state index in [0.29, 0.717) is 5.02 Å². The molecule has 0 bridgehead atoms. The van der Waals surface area contributed by atoms with E-state index < -0.39 is 6.04 Å². The van der Waals surface area contributed by atoms with E-state index >= 15 is 0 Å². The molecule has 0 aliphatic heterocycles. The summed E-state index contributed by atoms with van der Waals surface area (Å²) in [5, 5.41) is 0.674. The second-order valence-electron chi connectivity index (χ2n) is 4.95. The van der Waals surface area contributed by atoms with Gasteiger partial charge in [0.2, 0.25) is 5.91 Å². The van der Waals surface area contributed by atoms with Gasteiger partial charge >= 0.3 is 0 Å². The van der Waals surface area contributed by atoms with Gasteiger partial charge in [-0.1, -0.05) is 37.6 Å². The smallest absolute Gasteiger partial charge is 0.239 e. The molecule has 0 heterocycles. The summed E-state index contributed by atoms with van der Waals surface area (Å²) >= 11 is 5.96. The number of benzene rings is 1. The molecule has 3 nitrogen and oxygen atoms in total. The number of carbonyl (C=O) groups excluding carboxylic acids is 1. The van der Waals surface area contributed by atoms with Crippen molar-refractivity contribution in [2.45, 2.75) is 32.9 Å². The Bertz CT molecular complexity index is 420. The van der Waals surface area contributed by atoms with Gasteiger partial charge in [-0.2, -0.15) is 0 Å². The highest BCUT2D eigenvalue weighted by Gasteiger charge is 2.24. The maximum atomic E-state index is 12.2. The first-order valence-electron chi connectivity index (χ1n) is 6.12. The quantitative estimate of drug-likeness (QED) is 0.913. The summed E-state index contributed by atoms with van der Waals surface area (Å²) < 4.78 is 0. The second-order valence-corrected chi connectivity index (χ2v) is 5.39. The third kappa shape index (κ3) is 3.47. The van der Waals surface area contributed by atoms with Crippen molar-refractivity contribution >= 4 is 17.5 Å². The molecule has 18 heavy (non-hydrogen) atoms. The molecule has 0 radical (unpaired) electrons. The predicted octanol–water partition coefficient (Wildman–Crippen LogP) is 2.84. The van der Waals surface area contributed by atoms with E-state index in [4.69, 9.17) is 17.3 Å². The predicted molar refractivity (Wildman–Crippen MR) is 75.5 cm³/mol. The van der Waals surface area contributed by atoms with E-state index in [1.807, 2.05) is 45.0 Å². The molecule has 1 aromatic carbocycles. The summed E-state index contributed by atoms with van der Waals surface area (Å²) in [6, 6.07) is 7.03. The Morgan fingerprint density at radius 3 is 2.44 bits per heavy atom. The van der Waals surface area contributed by atoms with Crippen molar-refractivity contribution in [2.75, 3.05) is 7.05 Å². The molecular formula is C14H21ClN2O. The highest BCUT2D eigenvalue weighted by Crippen LogP contribution is 2.22. The van der Waals surface area contributed by atoms with Crippen LogP contribution in [0.3, 0.4) is 0 Å². The minimum atomic E-state index is -0.461. The van der Waals surface area contributed by atoms with Crippen molar-refractivity contribution in [3.05, 3.63) is 34.9 Å². The summed E-state index contributed by atoms with van der Waals surface area (Å²) in [5.41, 5.74) is 6.90. The van der Waals surface area contributed by atoms with Gasteiger partial charge in [-0.25, -0.2) is 0 Å². The number of nitrogens with two attached hydrogens (primary N) is 1. The number of likely N-dealkylation sites (N-methyl/N-ethyl adjacent to an activating group) is 1. The Labute approximate surface area is 114 Å². The van der Waals surface area contributed by atoms with Crippen LogP contribution in [0.25, 0.3) is 0 Å². The van der Waals surface area contributed by atoms with Crippen LogP contribution >= 0.6 is 11.6 Å². The maximum absolute atomic E-state index is 12.2. The first-order valence-corrected chi connectivity index (χ1v) is 6.50. The highest BCUT2D eigenvalue weighted by molar-refractivity contribution is 6.30. The highest BCUT2D eigenvalue weighted by atomic mass is 35.5. The van der Waals surface area contributed by atoms with Crippen molar-refractivity contribution in [1.82, 2.24) is 4.90 Å². The molecule has 0 fully saturated rings. The molecule has 0 aliphatic rings. The van der Waals surface area contributed by atoms with Crippen LogP contribution in [0.15, 0.2) is 24.3 Å². The van der Waals surface area contributed by atoms with Crippen LogP contribution in [0, 0.1) is 5.92 Å². The number of carbonyl (C=O) groups is 1. The van der Waals surface area contributed by atoms with Crippen molar-refractivity contribution in [3.63, 3.8) is 0 Å². The molecule has 1 amide bonds. The number of nitrogens with zero attached hydrogens (tertiary/aromatic N) is 1.